The second-order valence-corrected chi connectivity index (χ2v) is 10.7. The summed E-state index contributed by atoms with van der Waals surface area (Å²) in [6, 6.07) is 15.4. The molecule has 1 saturated heterocycles. The standard InChI is InChI=1S/C25H24N2O9S2/c1-38(33)17-9-7-16(8-10-17)36-24-20(23(30)31)27-21(29)18(22(27)37-24)11-12-34-19(28)13-26-25(32)35-14-15-5-3-2-4-6-15/h2-10,18,22H,11-14H2,1H3,(H,26,32)(H,30,31). The SMILES string of the molecule is CS(=O)c1ccc(OC2=C(C(=O)O)N3C(=O)C(CCOC(=O)CNC(=O)OCc4ccccc4)C3S2)cc1. The lowest BCUT2D eigenvalue weighted by atomic mass is 9.94. The van der Waals surface area contributed by atoms with Gasteiger partial charge in [0.15, 0.2) is 10.8 Å². The smallest absolute Gasteiger partial charge is 0.407 e. The highest BCUT2D eigenvalue weighted by Crippen LogP contribution is 2.50. The van der Waals surface area contributed by atoms with Crippen molar-refractivity contribution in [3.63, 3.8) is 0 Å². The van der Waals surface area contributed by atoms with Crippen LogP contribution in [0.5, 0.6) is 5.75 Å². The Labute approximate surface area is 224 Å². The Morgan fingerprint density at radius 1 is 1.08 bits per heavy atom. The first-order chi connectivity index (χ1) is 18.2. The maximum absolute atomic E-state index is 12.7. The molecule has 2 heterocycles. The van der Waals surface area contributed by atoms with Gasteiger partial charge in [0.25, 0.3) is 0 Å². The summed E-state index contributed by atoms with van der Waals surface area (Å²) in [6.07, 6.45) is 0.948. The minimum atomic E-state index is -1.30. The van der Waals surface area contributed by atoms with E-state index in [9.17, 15) is 28.5 Å². The Morgan fingerprint density at radius 2 is 1.79 bits per heavy atom. The van der Waals surface area contributed by atoms with Gasteiger partial charge >= 0.3 is 18.0 Å². The van der Waals surface area contributed by atoms with Gasteiger partial charge < -0.3 is 24.6 Å². The normalized spacial score (nSPS) is 18.8. The van der Waals surface area contributed by atoms with Gasteiger partial charge in [-0.25, -0.2) is 9.59 Å². The van der Waals surface area contributed by atoms with Gasteiger partial charge in [-0.15, -0.1) is 0 Å². The van der Waals surface area contributed by atoms with E-state index in [1.807, 2.05) is 18.2 Å². The van der Waals surface area contributed by atoms with Crippen molar-refractivity contribution in [3.8, 4) is 5.75 Å². The molecule has 11 nitrogen and oxygen atoms in total. The molecule has 0 saturated carbocycles. The van der Waals surface area contributed by atoms with Crippen molar-refractivity contribution in [1.29, 1.82) is 0 Å². The van der Waals surface area contributed by atoms with Gasteiger partial charge in [0.2, 0.25) is 5.91 Å². The molecule has 13 heteroatoms. The number of carbonyl (C=O) groups excluding carboxylic acids is 3. The lowest BCUT2D eigenvalue weighted by Gasteiger charge is -2.41. The van der Waals surface area contributed by atoms with Crippen molar-refractivity contribution < 1.29 is 42.7 Å². The lowest BCUT2D eigenvalue weighted by Crippen LogP contribution is -2.57. The molecule has 2 amide bonds. The van der Waals surface area contributed by atoms with E-state index in [1.54, 1.807) is 42.7 Å². The van der Waals surface area contributed by atoms with E-state index in [0.717, 1.165) is 22.2 Å². The number of amides is 2. The van der Waals surface area contributed by atoms with Crippen molar-refractivity contribution in [1.82, 2.24) is 10.2 Å². The number of hydrogen-bond acceptors (Lipinski definition) is 9. The minimum Gasteiger partial charge on any atom is -0.476 e. The summed E-state index contributed by atoms with van der Waals surface area (Å²) in [6.45, 7) is -0.428. The summed E-state index contributed by atoms with van der Waals surface area (Å²) < 4.78 is 27.4. The Bertz CT molecular complexity index is 1280. The Balaban J connectivity index is 1.22. The van der Waals surface area contributed by atoms with Crippen molar-refractivity contribution in [3.05, 3.63) is 70.9 Å². The zero-order valence-electron chi connectivity index (χ0n) is 20.2. The molecule has 4 rings (SSSR count). The van der Waals surface area contributed by atoms with Crippen molar-refractivity contribution in [2.24, 2.45) is 5.92 Å². The zero-order chi connectivity index (χ0) is 27.2. The molecule has 3 unspecified atom stereocenters. The lowest BCUT2D eigenvalue weighted by molar-refractivity contribution is -0.154. The third kappa shape index (κ3) is 6.34. The number of hydrogen-bond donors (Lipinski definition) is 2. The number of esters is 1. The number of thioether (sulfide) groups is 1. The first-order valence-electron chi connectivity index (χ1n) is 11.4. The summed E-state index contributed by atoms with van der Waals surface area (Å²) in [4.78, 5) is 50.0. The number of benzene rings is 2. The average molecular weight is 561 g/mol. The molecule has 0 spiro atoms. The van der Waals surface area contributed by atoms with Crippen LogP contribution in [0.4, 0.5) is 4.79 Å². The highest BCUT2D eigenvalue weighted by Gasteiger charge is 2.56. The number of rotatable bonds is 11. The average Bonchev–Trinajstić information content (AvgIpc) is 3.24. The van der Waals surface area contributed by atoms with E-state index in [1.165, 1.54) is 0 Å². The molecule has 0 bridgehead atoms. The second-order valence-electron chi connectivity index (χ2n) is 8.22. The fraction of sp³-hybridized carbons (Fsp3) is 0.280. The molecule has 3 atom stereocenters. The minimum absolute atomic E-state index is 0.0596. The molecule has 0 radical (unpaired) electrons. The van der Waals surface area contributed by atoms with E-state index >= 15 is 0 Å². The molecular formula is C25H24N2O9S2. The van der Waals surface area contributed by atoms with Crippen LogP contribution in [-0.4, -0.2) is 62.9 Å². The topological polar surface area (TPSA) is 149 Å². The Hall–Kier alpha value is -3.84. The van der Waals surface area contributed by atoms with Crippen molar-refractivity contribution in [2.75, 3.05) is 19.4 Å². The van der Waals surface area contributed by atoms with E-state index in [2.05, 4.69) is 5.32 Å². The molecule has 2 aromatic rings. The molecule has 2 N–H and O–H groups in total. The number of aliphatic carboxylic acids is 1. The fourth-order valence-corrected chi connectivity index (χ4v) is 5.68. The van der Waals surface area contributed by atoms with Crippen LogP contribution in [-0.2, 0) is 41.3 Å². The monoisotopic (exact) mass is 560 g/mol. The summed E-state index contributed by atoms with van der Waals surface area (Å²) in [5.41, 5.74) is 0.551. The summed E-state index contributed by atoms with van der Waals surface area (Å²) in [7, 11) is -1.17. The number of alkyl carbamates (subject to hydrolysis) is 1. The molecule has 1 fully saturated rings. The summed E-state index contributed by atoms with van der Waals surface area (Å²) in [5, 5.41) is 11.5. The second kappa shape index (κ2) is 12.1. The maximum atomic E-state index is 12.7. The first kappa shape index (κ1) is 27.2. The van der Waals surface area contributed by atoms with Gasteiger partial charge in [-0.2, -0.15) is 0 Å². The first-order valence-corrected chi connectivity index (χ1v) is 13.9. The predicted octanol–water partition coefficient (Wildman–Crippen LogP) is 2.45. The third-order valence-corrected chi connectivity index (χ3v) is 7.87. The van der Waals surface area contributed by atoms with Crippen LogP contribution in [0.1, 0.15) is 12.0 Å². The van der Waals surface area contributed by atoms with Gasteiger partial charge in [-0.05, 0) is 36.2 Å². The zero-order valence-corrected chi connectivity index (χ0v) is 21.8. The number of carboxylic acids is 1. The molecule has 200 valence electrons. The molecule has 2 aromatic carbocycles. The number of carbonyl (C=O) groups is 4. The summed E-state index contributed by atoms with van der Waals surface area (Å²) >= 11 is 1.10. The van der Waals surface area contributed by atoms with Crippen LogP contribution in [0.15, 0.2) is 70.3 Å². The fourth-order valence-electron chi connectivity index (χ4n) is 3.76. The predicted molar refractivity (Wildman–Crippen MR) is 136 cm³/mol. The third-order valence-electron chi connectivity index (χ3n) is 5.67. The van der Waals surface area contributed by atoms with E-state index < -0.39 is 52.6 Å². The maximum Gasteiger partial charge on any atom is 0.407 e. The van der Waals surface area contributed by atoms with Crippen LogP contribution >= 0.6 is 11.8 Å². The van der Waals surface area contributed by atoms with Crippen LogP contribution in [0.2, 0.25) is 0 Å². The number of fused-ring (bicyclic) bond motifs is 1. The highest BCUT2D eigenvalue weighted by atomic mass is 32.2. The van der Waals surface area contributed by atoms with Crippen LogP contribution in [0.25, 0.3) is 0 Å². The van der Waals surface area contributed by atoms with Gasteiger partial charge in [0.1, 0.15) is 24.3 Å². The Morgan fingerprint density at radius 3 is 2.45 bits per heavy atom. The van der Waals surface area contributed by atoms with Crippen LogP contribution < -0.4 is 10.1 Å². The highest BCUT2D eigenvalue weighted by molar-refractivity contribution is 8.03. The number of nitrogens with zero attached hydrogens (tertiary/aromatic N) is 1. The van der Waals surface area contributed by atoms with Crippen LogP contribution in [0, 0.1) is 5.92 Å². The quantitative estimate of drug-likeness (QED) is 0.310. The molecule has 2 aliphatic heterocycles. The van der Waals surface area contributed by atoms with Gasteiger partial charge in [0, 0.05) is 22.0 Å². The van der Waals surface area contributed by atoms with Gasteiger partial charge in [0.05, 0.1) is 12.5 Å². The van der Waals surface area contributed by atoms with Crippen molar-refractivity contribution in [2.45, 2.75) is 23.3 Å². The molecule has 2 aliphatic rings. The van der Waals surface area contributed by atoms with E-state index in [0.29, 0.717) is 10.6 Å². The Kier molecular flexibility index (Phi) is 8.69. The number of nitrogens with one attached hydrogen (secondary N) is 1. The molecule has 38 heavy (non-hydrogen) atoms. The number of β-lactam (4-membered cyclic amide) rings is 1. The van der Waals surface area contributed by atoms with Crippen LogP contribution in [0.3, 0.4) is 0 Å². The van der Waals surface area contributed by atoms with E-state index in [4.69, 9.17) is 14.2 Å². The number of carboxylic acid groups (broad SMARTS) is 1. The van der Waals surface area contributed by atoms with Crippen molar-refractivity contribution >= 4 is 46.5 Å². The van der Waals surface area contributed by atoms with Gasteiger partial charge in [-0.3, -0.25) is 18.7 Å². The largest absolute Gasteiger partial charge is 0.476 e. The van der Waals surface area contributed by atoms with E-state index in [-0.39, 0.29) is 30.4 Å². The molecule has 0 aromatic heterocycles. The molecule has 0 aliphatic carbocycles. The molecular weight excluding hydrogens is 536 g/mol. The van der Waals surface area contributed by atoms with Gasteiger partial charge in [-0.1, -0.05) is 42.1 Å². The number of ether oxygens (including phenoxy) is 3. The summed E-state index contributed by atoms with van der Waals surface area (Å²) in [5.74, 6) is -2.64.